The minimum Gasteiger partial charge on any atom is -0.398 e. The molecule has 19 heavy (non-hydrogen) atoms. The van der Waals surface area contributed by atoms with Gasteiger partial charge in [0.1, 0.15) is 0 Å². The number of anilines is 1. The Morgan fingerprint density at radius 1 is 1.21 bits per heavy atom. The van der Waals surface area contributed by atoms with Gasteiger partial charge in [-0.1, -0.05) is 32.0 Å². The van der Waals surface area contributed by atoms with Crippen molar-refractivity contribution >= 4 is 5.69 Å². The number of hydrogen-bond donors (Lipinski definition) is 3. The summed E-state index contributed by atoms with van der Waals surface area (Å²) in [6.07, 6.45) is 1.60. The third kappa shape index (κ3) is 2.99. The van der Waals surface area contributed by atoms with Crippen LogP contribution in [0, 0.1) is 0 Å². The van der Waals surface area contributed by atoms with Crippen LogP contribution in [0.4, 0.5) is 5.69 Å². The summed E-state index contributed by atoms with van der Waals surface area (Å²) < 4.78 is 0. The Balaban J connectivity index is 2.45. The van der Waals surface area contributed by atoms with Gasteiger partial charge in [-0.3, -0.25) is 0 Å². The molecule has 0 bridgehead atoms. The molecule has 0 aliphatic rings. The lowest BCUT2D eigenvalue weighted by Crippen LogP contribution is -1.95. The zero-order valence-corrected chi connectivity index (χ0v) is 11.6. The Bertz CT molecular complexity index is 543. The van der Waals surface area contributed by atoms with Gasteiger partial charge >= 0.3 is 0 Å². The van der Waals surface area contributed by atoms with E-state index < -0.39 is 0 Å². The zero-order chi connectivity index (χ0) is 13.8. The largest absolute Gasteiger partial charge is 0.398 e. The maximum Gasteiger partial charge on any atom is 0.0434 e. The minimum atomic E-state index is 0.208. The molecule has 0 aliphatic carbocycles. The van der Waals surface area contributed by atoms with Gasteiger partial charge in [-0.25, -0.2) is 0 Å². The normalized spacial score (nSPS) is 11.2. The third-order valence-corrected chi connectivity index (χ3v) is 3.38. The van der Waals surface area contributed by atoms with Crippen LogP contribution in [0.5, 0.6) is 0 Å². The van der Waals surface area contributed by atoms with E-state index in [9.17, 15) is 0 Å². The van der Waals surface area contributed by atoms with Gasteiger partial charge in [-0.15, -0.1) is 0 Å². The molecule has 0 radical (unpaired) electrons. The van der Waals surface area contributed by atoms with Crippen molar-refractivity contribution in [2.75, 3.05) is 12.3 Å². The number of aromatic amines is 1. The van der Waals surface area contributed by atoms with Crippen LogP contribution in [-0.2, 0) is 6.42 Å². The molecule has 102 valence electrons. The number of aryl methyl sites for hydroxylation is 1. The molecule has 0 amide bonds. The molecule has 0 saturated carbocycles. The Labute approximate surface area is 114 Å². The van der Waals surface area contributed by atoms with Crippen LogP contribution in [0.3, 0.4) is 0 Å². The number of nitrogens with two attached hydrogens (primary N) is 1. The van der Waals surface area contributed by atoms with Crippen LogP contribution >= 0.6 is 0 Å². The van der Waals surface area contributed by atoms with Crippen LogP contribution in [0.15, 0.2) is 30.3 Å². The summed E-state index contributed by atoms with van der Waals surface area (Å²) in [6.45, 7) is 4.54. The first-order valence-corrected chi connectivity index (χ1v) is 6.81. The molecule has 3 nitrogen and oxygen atoms in total. The summed E-state index contributed by atoms with van der Waals surface area (Å²) in [5.74, 6) is 0.451. The van der Waals surface area contributed by atoms with Crippen LogP contribution in [0.2, 0.25) is 0 Å². The van der Waals surface area contributed by atoms with E-state index in [4.69, 9.17) is 10.8 Å². The minimum absolute atomic E-state index is 0.208. The van der Waals surface area contributed by atoms with Crippen molar-refractivity contribution in [2.24, 2.45) is 0 Å². The quantitative estimate of drug-likeness (QED) is 0.720. The smallest absolute Gasteiger partial charge is 0.0434 e. The van der Waals surface area contributed by atoms with E-state index in [0.29, 0.717) is 5.92 Å². The van der Waals surface area contributed by atoms with E-state index in [1.54, 1.807) is 0 Å². The highest BCUT2D eigenvalue weighted by Crippen LogP contribution is 2.32. The predicted molar refractivity (Wildman–Crippen MR) is 80.1 cm³/mol. The molecule has 0 spiro atoms. The Morgan fingerprint density at radius 3 is 2.58 bits per heavy atom. The summed E-state index contributed by atoms with van der Waals surface area (Å²) >= 11 is 0. The molecule has 0 saturated heterocycles. The zero-order valence-electron chi connectivity index (χ0n) is 11.6. The number of H-pyrrole nitrogens is 1. The first-order valence-electron chi connectivity index (χ1n) is 6.81. The number of para-hydroxylation sites is 1. The van der Waals surface area contributed by atoms with Crippen LogP contribution in [0.25, 0.3) is 11.1 Å². The fraction of sp³-hybridized carbons (Fsp3) is 0.375. The van der Waals surface area contributed by atoms with E-state index >= 15 is 0 Å². The van der Waals surface area contributed by atoms with Gasteiger partial charge < -0.3 is 15.8 Å². The van der Waals surface area contributed by atoms with E-state index in [1.807, 2.05) is 24.3 Å². The van der Waals surface area contributed by atoms with Gasteiger partial charge in [-0.2, -0.15) is 0 Å². The number of benzene rings is 1. The molecule has 0 aliphatic heterocycles. The molecule has 2 rings (SSSR count). The number of hydrogen-bond acceptors (Lipinski definition) is 2. The maximum absolute atomic E-state index is 9.02. The second kappa shape index (κ2) is 5.93. The number of rotatable bonds is 5. The van der Waals surface area contributed by atoms with Gasteiger partial charge in [0.15, 0.2) is 0 Å². The molecular weight excluding hydrogens is 236 g/mol. The third-order valence-electron chi connectivity index (χ3n) is 3.38. The van der Waals surface area contributed by atoms with Gasteiger partial charge in [0, 0.05) is 34.8 Å². The van der Waals surface area contributed by atoms with Crippen molar-refractivity contribution < 1.29 is 5.11 Å². The van der Waals surface area contributed by atoms with Gasteiger partial charge in [0.05, 0.1) is 0 Å². The average Bonchev–Trinajstić information content (AvgIpc) is 2.81. The molecule has 3 heteroatoms. The predicted octanol–water partition coefficient (Wildman–Crippen LogP) is 3.31. The molecule has 1 aromatic heterocycles. The molecule has 0 atom stereocenters. The fourth-order valence-electron chi connectivity index (χ4n) is 2.27. The highest BCUT2D eigenvalue weighted by molar-refractivity contribution is 5.78. The fourth-order valence-corrected chi connectivity index (χ4v) is 2.27. The van der Waals surface area contributed by atoms with Crippen molar-refractivity contribution in [3.8, 4) is 11.1 Å². The molecule has 2 aromatic rings. The summed E-state index contributed by atoms with van der Waals surface area (Å²) in [5.41, 5.74) is 11.5. The standard InChI is InChI=1S/C16H22N2O/c1-11(2)16-10-13(15(18-16)8-5-9-19)12-6-3-4-7-14(12)17/h3-4,6-7,10-11,18-19H,5,8-9,17H2,1-2H3. The topological polar surface area (TPSA) is 62.0 Å². The summed E-state index contributed by atoms with van der Waals surface area (Å²) in [6, 6.07) is 10.1. The Kier molecular flexibility index (Phi) is 4.27. The Hall–Kier alpha value is -1.74. The highest BCUT2D eigenvalue weighted by atomic mass is 16.2. The lowest BCUT2D eigenvalue weighted by Gasteiger charge is -2.06. The average molecular weight is 258 g/mol. The van der Waals surface area contributed by atoms with Crippen molar-refractivity contribution in [2.45, 2.75) is 32.6 Å². The van der Waals surface area contributed by atoms with Gasteiger partial charge in [-0.05, 0) is 30.9 Å². The summed E-state index contributed by atoms with van der Waals surface area (Å²) in [5, 5.41) is 9.02. The summed E-state index contributed by atoms with van der Waals surface area (Å²) in [7, 11) is 0. The van der Waals surface area contributed by atoms with Crippen molar-refractivity contribution in [3.63, 3.8) is 0 Å². The number of aromatic nitrogens is 1. The van der Waals surface area contributed by atoms with Gasteiger partial charge in [0.2, 0.25) is 0 Å². The monoisotopic (exact) mass is 258 g/mol. The number of nitrogens with one attached hydrogen (secondary N) is 1. The van der Waals surface area contributed by atoms with E-state index in [0.717, 1.165) is 35.3 Å². The van der Waals surface area contributed by atoms with E-state index in [1.165, 1.54) is 5.69 Å². The van der Waals surface area contributed by atoms with Crippen molar-refractivity contribution in [3.05, 3.63) is 41.7 Å². The number of aliphatic hydroxyl groups is 1. The molecule has 0 unspecified atom stereocenters. The van der Waals surface area contributed by atoms with Crippen molar-refractivity contribution in [1.29, 1.82) is 0 Å². The molecule has 1 aromatic carbocycles. The number of nitrogen functional groups attached to an aromatic ring is 1. The maximum atomic E-state index is 9.02. The van der Waals surface area contributed by atoms with Crippen molar-refractivity contribution in [1.82, 2.24) is 4.98 Å². The first kappa shape index (κ1) is 13.7. The molecule has 1 heterocycles. The summed E-state index contributed by atoms with van der Waals surface area (Å²) in [4.78, 5) is 3.48. The lowest BCUT2D eigenvalue weighted by molar-refractivity contribution is 0.288. The van der Waals surface area contributed by atoms with E-state index in [-0.39, 0.29) is 6.61 Å². The van der Waals surface area contributed by atoms with Crippen LogP contribution < -0.4 is 5.73 Å². The lowest BCUT2D eigenvalue weighted by atomic mass is 10.0. The molecule has 0 fully saturated rings. The molecular formula is C16H22N2O. The SMILES string of the molecule is CC(C)c1cc(-c2ccccc2N)c(CCCO)[nH]1. The second-order valence-corrected chi connectivity index (χ2v) is 5.19. The van der Waals surface area contributed by atoms with Gasteiger partial charge in [0.25, 0.3) is 0 Å². The van der Waals surface area contributed by atoms with Crippen LogP contribution in [-0.4, -0.2) is 16.7 Å². The number of aliphatic hydroxyl groups excluding tert-OH is 1. The Morgan fingerprint density at radius 2 is 1.95 bits per heavy atom. The second-order valence-electron chi connectivity index (χ2n) is 5.19. The highest BCUT2D eigenvalue weighted by Gasteiger charge is 2.13. The van der Waals surface area contributed by atoms with E-state index in [2.05, 4.69) is 24.9 Å². The van der Waals surface area contributed by atoms with Crippen LogP contribution in [0.1, 0.15) is 37.6 Å². The first-order chi connectivity index (χ1) is 9.13. The molecule has 4 N–H and O–H groups in total.